The number of amides is 2. The maximum Gasteiger partial charge on any atom is 0.415 e. The number of hydrogen-bond donors (Lipinski definition) is 2. The number of nitrogens with one attached hydrogen (secondary N) is 2. The quantitative estimate of drug-likeness (QED) is 0.334. The predicted molar refractivity (Wildman–Crippen MR) is 154 cm³/mol. The lowest BCUT2D eigenvalue weighted by atomic mass is 10.1. The van der Waals surface area contributed by atoms with Crippen LogP contribution < -0.4 is 10.6 Å². The largest absolute Gasteiger partial charge is 0.415 e. The maximum absolute atomic E-state index is 13.2. The molecule has 0 spiro atoms. The predicted octanol–water partition coefficient (Wildman–Crippen LogP) is 7.07. The second kappa shape index (κ2) is 14.0. The van der Waals surface area contributed by atoms with Crippen LogP contribution in [0.3, 0.4) is 0 Å². The van der Waals surface area contributed by atoms with E-state index in [2.05, 4.69) is 20.6 Å². The molecule has 4 atom stereocenters. The fourth-order valence-corrected chi connectivity index (χ4v) is 5.95. The summed E-state index contributed by atoms with van der Waals surface area (Å²) < 4.78 is 79.1. The molecule has 0 aliphatic carbocycles. The first-order chi connectivity index (χ1) is 19.6. The molecule has 0 unspecified atom stereocenters. The van der Waals surface area contributed by atoms with E-state index in [1.165, 1.54) is 48.5 Å². The SMILES string of the molecule is CC(C)[C@@H]1SC(=N[C@@H](c2ccccc2)C(F)(F)F)NC1=O.CC(C)[C@H]1SC(=N[C@@H](c2ccccc2)C(F)(F)F)NC1=O. The Morgan fingerprint density at radius 3 is 1.17 bits per heavy atom. The summed E-state index contributed by atoms with van der Waals surface area (Å²) in [5.74, 6) is -0.516. The molecule has 0 radical (unpaired) electrons. The van der Waals surface area contributed by atoms with Gasteiger partial charge >= 0.3 is 12.4 Å². The molecule has 14 heteroatoms. The molecule has 2 saturated heterocycles. The number of halogens is 6. The van der Waals surface area contributed by atoms with Crippen molar-refractivity contribution in [3.63, 3.8) is 0 Å². The first kappa shape index (κ1) is 33.5. The van der Waals surface area contributed by atoms with Crippen molar-refractivity contribution < 1.29 is 35.9 Å². The number of alkyl halides is 6. The van der Waals surface area contributed by atoms with Gasteiger partial charge in [0.1, 0.15) is 0 Å². The highest BCUT2D eigenvalue weighted by atomic mass is 32.2. The fourth-order valence-electron chi connectivity index (χ4n) is 3.94. The number of rotatable bonds is 6. The number of thioether (sulfide) groups is 2. The Kier molecular flexibility index (Phi) is 11.2. The van der Waals surface area contributed by atoms with Crippen LogP contribution in [0.15, 0.2) is 70.6 Å². The molecule has 2 fully saturated rings. The van der Waals surface area contributed by atoms with Crippen molar-refractivity contribution in [1.29, 1.82) is 0 Å². The smallest absolute Gasteiger partial charge is 0.304 e. The summed E-state index contributed by atoms with van der Waals surface area (Å²) in [5, 5.41) is 4.14. The number of aliphatic imine (C=N–C) groups is 2. The van der Waals surface area contributed by atoms with E-state index in [1.807, 2.05) is 27.7 Å². The number of nitrogens with zero attached hydrogens (tertiary/aromatic N) is 2. The van der Waals surface area contributed by atoms with Gasteiger partial charge in [-0.3, -0.25) is 9.59 Å². The number of hydrogen-bond acceptors (Lipinski definition) is 6. The van der Waals surface area contributed by atoms with Crippen LogP contribution in [-0.2, 0) is 9.59 Å². The molecule has 6 nitrogen and oxygen atoms in total. The van der Waals surface area contributed by atoms with E-state index >= 15 is 0 Å². The van der Waals surface area contributed by atoms with E-state index in [9.17, 15) is 35.9 Å². The molecular weight excluding hydrogens is 602 g/mol. The lowest BCUT2D eigenvalue weighted by Gasteiger charge is -2.17. The van der Waals surface area contributed by atoms with E-state index < -0.39 is 34.9 Å². The van der Waals surface area contributed by atoms with Crippen molar-refractivity contribution in [2.45, 2.75) is 62.6 Å². The third-order valence-corrected chi connectivity index (χ3v) is 8.89. The zero-order valence-electron chi connectivity index (χ0n) is 23.0. The Bertz CT molecular complexity index is 1190. The average molecular weight is 633 g/mol. The summed E-state index contributed by atoms with van der Waals surface area (Å²) in [6.45, 7) is 7.38. The molecule has 2 aliphatic rings. The fraction of sp³-hybridized carbons (Fsp3) is 0.429. The highest BCUT2D eigenvalue weighted by molar-refractivity contribution is 8.16. The van der Waals surface area contributed by atoms with Crippen LogP contribution in [0.5, 0.6) is 0 Å². The first-order valence-corrected chi connectivity index (χ1v) is 14.7. The van der Waals surface area contributed by atoms with E-state index in [4.69, 9.17) is 0 Å². The topological polar surface area (TPSA) is 82.9 Å². The Labute approximate surface area is 248 Å². The van der Waals surface area contributed by atoms with Gasteiger partial charge in [0, 0.05) is 0 Å². The van der Waals surface area contributed by atoms with Gasteiger partial charge in [0.2, 0.25) is 11.8 Å². The van der Waals surface area contributed by atoms with Crippen LogP contribution in [0.1, 0.15) is 50.9 Å². The lowest BCUT2D eigenvalue weighted by Crippen LogP contribution is -2.28. The molecule has 2 N–H and O–H groups in total. The molecule has 0 bridgehead atoms. The van der Waals surface area contributed by atoms with Crippen LogP contribution in [0, 0.1) is 11.8 Å². The van der Waals surface area contributed by atoms with Gasteiger partial charge in [0.25, 0.3) is 0 Å². The van der Waals surface area contributed by atoms with Gasteiger partial charge in [-0.2, -0.15) is 26.3 Å². The van der Waals surface area contributed by atoms with Crippen molar-refractivity contribution in [1.82, 2.24) is 10.6 Å². The van der Waals surface area contributed by atoms with E-state index in [0.29, 0.717) is 0 Å². The van der Waals surface area contributed by atoms with Gasteiger partial charge in [-0.25, -0.2) is 9.98 Å². The molecule has 2 amide bonds. The van der Waals surface area contributed by atoms with Crippen LogP contribution in [0.2, 0.25) is 0 Å². The molecule has 2 aromatic rings. The summed E-state index contributed by atoms with van der Waals surface area (Å²) in [6.07, 6.45) is -9.01. The minimum atomic E-state index is -4.50. The summed E-state index contributed by atoms with van der Waals surface area (Å²) in [4.78, 5) is 30.8. The maximum atomic E-state index is 13.2. The van der Waals surface area contributed by atoms with Crippen LogP contribution >= 0.6 is 23.5 Å². The van der Waals surface area contributed by atoms with Crippen molar-refractivity contribution >= 4 is 45.7 Å². The standard InChI is InChI=1S/2C14H15F3N2OS/c2*1-8(2)10-12(20)19-13(21-10)18-11(14(15,16)17)9-6-4-3-5-7-9/h2*3-8,10-11H,1-2H3,(H,18,19,20)/t10-,11+;10-,11-/m10/s1. The van der Waals surface area contributed by atoms with Gasteiger partial charge < -0.3 is 10.6 Å². The van der Waals surface area contributed by atoms with Gasteiger partial charge in [-0.15, -0.1) is 0 Å². The molecule has 0 aromatic heterocycles. The van der Waals surface area contributed by atoms with Crippen molar-refractivity contribution in [3.05, 3.63) is 71.8 Å². The molecule has 2 heterocycles. The summed E-state index contributed by atoms with van der Waals surface area (Å²) in [6, 6.07) is 11.0. The Morgan fingerprint density at radius 2 is 0.929 bits per heavy atom. The zero-order valence-corrected chi connectivity index (χ0v) is 24.7. The first-order valence-electron chi connectivity index (χ1n) is 12.9. The third kappa shape index (κ3) is 9.00. The van der Waals surface area contributed by atoms with E-state index in [1.54, 1.807) is 12.1 Å². The molecule has 42 heavy (non-hydrogen) atoms. The summed E-state index contributed by atoms with van der Waals surface area (Å²) >= 11 is 2.11. The Hall–Kier alpha value is -3.00. The Morgan fingerprint density at radius 1 is 0.619 bits per heavy atom. The second-order valence-electron chi connectivity index (χ2n) is 10.1. The minimum absolute atomic E-state index is 0.0313. The summed E-state index contributed by atoms with van der Waals surface area (Å²) in [5.41, 5.74) is 0.112. The number of benzene rings is 2. The number of amidine groups is 2. The molecule has 2 aliphatic heterocycles. The normalized spacial score (nSPS) is 22.7. The summed E-state index contributed by atoms with van der Waals surface area (Å²) in [7, 11) is 0. The molecule has 2 aromatic carbocycles. The number of carbonyl (C=O) groups excluding carboxylic acids is 2. The monoisotopic (exact) mass is 632 g/mol. The highest BCUT2D eigenvalue weighted by Crippen LogP contribution is 2.39. The zero-order chi connectivity index (χ0) is 31.2. The van der Waals surface area contributed by atoms with Gasteiger partial charge in [0.15, 0.2) is 22.4 Å². The molecular formula is C28H30F6N4O2S2. The van der Waals surface area contributed by atoms with Gasteiger partial charge in [-0.05, 0) is 23.0 Å². The van der Waals surface area contributed by atoms with Crippen molar-refractivity contribution in [3.8, 4) is 0 Å². The van der Waals surface area contributed by atoms with Crippen molar-refractivity contribution in [2.75, 3.05) is 0 Å². The van der Waals surface area contributed by atoms with Crippen molar-refractivity contribution in [2.24, 2.45) is 21.8 Å². The van der Waals surface area contributed by atoms with E-state index in [-0.39, 0.29) is 45.1 Å². The molecule has 4 rings (SSSR count). The number of carbonyl (C=O) groups is 2. The third-order valence-electron chi connectivity index (χ3n) is 6.01. The lowest BCUT2D eigenvalue weighted by molar-refractivity contribution is -0.149. The molecule has 228 valence electrons. The molecule has 0 saturated carbocycles. The van der Waals surface area contributed by atoms with Gasteiger partial charge in [0.05, 0.1) is 10.5 Å². The highest BCUT2D eigenvalue weighted by Gasteiger charge is 2.44. The van der Waals surface area contributed by atoms with E-state index in [0.717, 1.165) is 23.5 Å². The Balaban J connectivity index is 0.000000230. The van der Waals surface area contributed by atoms with Crippen LogP contribution in [0.4, 0.5) is 26.3 Å². The van der Waals surface area contributed by atoms with Crippen LogP contribution in [-0.4, -0.2) is 45.0 Å². The van der Waals surface area contributed by atoms with Crippen LogP contribution in [0.25, 0.3) is 0 Å². The van der Waals surface area contributed by atoms with Gasteiger partial charge in [-0.1, -0.05) is 112 Å². The average Bonchev–Trinajstić information content (AvgIpc) is 3.47. The minimum Gasteiger partial charge on any atom is -0.304 e. The second-order valence-corrected chi connectivity index (χ2v) is 12.4.